The molecule has 0 rings (SSSR count). The summed E-state index contributed by atoms with van der Waals surface area (Å²) in [6, 6.07) is 0. The van der Waals surface area contributed by atoms with Crippen LogP contribution in [-0.2, 0) is 4.84 Å². The van der Waals surface area contributed by atoms with E-state index in [1.165, 1.54) is 0 Å². The molecule has 0 radical (unpaired) electrons. The van der Waals surface area contributed by atoms with Crippen molar-refractivity contribution in [3.8, 4) is 0 Å². The highest BCUT2D eigenvalue weighted by Gasteiger charge is 1.81. The first-order chi connectivity index (χ1) is 3.65. The Labute approximate surface area is 53.0 Å². The number of hydroxylamine groups is 1. The van der Waals surface area contributed by atoms with E-state index >= 15 is 0 Å². The average molecular weight is 137 g/mol. The van der Waals surface area contributed by atoms with E-state index in [-0.39, 0.29) is 6.64 Å². The van der Waals surface area contributed by atoms with Crippen LogP contribution in [0.2, 0.25) is 6.82 Å². The number of hydrogen-bond donors (Lipinski definition) is 2. The monoisotopic (exact) mass is 137 g/mol. The molecule has 0 saturated carbocycles. The van der Waals surface area contributed by atoms with E-state index in [0.717, 1.165) is 0 Å². The molecule has 1 atom stereocenters. The molecule has 0 saturated heterocycles. The number of nitrogens with one attached hydrogen (secondary N) is 1. The maximum atomic E-state index is 8.02. The molecular weight excluding hydrogens is 124 g/mol. The molecule has 0 aliphatic heterocycles. The molecular formula is C3H13BNO2P. The van der Waals surface area contributed by atoms with Crippen LogP contribution < -0.4 is 5.48 Å². The van der Waals surface area contributed by atoms with Crippen LogP contribution in [-0.4, -0.2) is 25.8 Å². The van der Waals surface area contributed by atoms with Gasteiger partial charge in [-0.05, 0) is 0 Å². The fourth-order valence-electron chi connectivity index (χ4n) is 0. The lowest BCUT2D eigenvalue weighted by atomic mass is 10.1. The van der Waals surface area contributed by atoms with E-state index in [4.69, 9.17) is 5.02 Å². The van der Waals surface area contributed by atoms with Gasteiger partial charge in [-0.2, -0.15) is 0 Å². The first kappa shape index (κ1) is 11.2. The molecule has 0 spiro atoms. The third kappa shape index (κ3) is 97.4. The Morgan fingerprint density at radius 1 is 1.75 bits per heavy atom. The summed E-state index contributed by atoms with van der Waals surface area (Å²) in [5.74, 6) is 0. The summed E-state index contributed by atoms with van der Waals surface area (Å²) in [6.45, 7) is 1.44. The lowest BCUT2D eigenvalue weighted by Crippen LogP contribution is -2.00. The summed E-state index contributed by atoms with van der Waals surface area (Å²) in [5, 5.41) is 8.02. The van der Waals surface area contributed by atoms with E-state index < -0.39 is 0 Å². The van der Waals surface area contributed by atoms with Crippen molar-refractivity contribution < 1.29 is 9.86 Å². The van der Waals surface area contributed by atoms with Crippen LogP contribution in [0.5, 0.6) is 0 Å². The van der Waals surface area contributed by atoms with Crippen LogP contribution in [0.1, 0.15) is 0 Å². The Hall–Kier alpha value is 0.375. The maximum Gasteiger partial charge on any atom is 0.308 e. The minimum absolute atomic E-state index is 0.250. The number of hydrogen-bond acceptors (Lipinski definition) is 3. The van der Waals surface area contributed by atoms with E-state index in [0.29, 0.717) is 0 Å². The predicted octanol–water partition coefficient (Wildman–Crippen LogP) is -0.261. The third-order valence-corrected chi connectivity index (χ3v) is 0.204. The van der Waals surface area contributed by atoms with Crippen molar-refractivity contribution in [2.24, 2.45) is 0 Å². The van der Waals surface area contributed by atoms with Crippen LogP contribution in [0.3, 0.4) is 0 Å². The molecule has 0 aromatic carbocycles. The zero-order valence-corrected chi connectivity index (χ0v) is 6.66. The van der Waals surface area contributed by atoms with Gasteiger partial charge in [-0.15, -0.1) is 9.12 Å². The van der Waals surface area contributed by atoms with Crippen LogP contribution >= 0.6 is 9.12 Å². The van der Waals surface area contributed by atoms with Gasteiger partial charge in [0.25, 0.3) is 0 Å². The summed E-state index contributed by atoms with van der Waals surface area (Å²) in [6.07, 6.45) is 0. The lowest BCUT2D eigenvalue weighted by molar-refractivity contribution is 0.112. The minimum atomic E-state index is -0.250. The molecule has 3 nitrogen and oxygen atoms in total. The molecule has 50 valence electrons. The fourth-order valence-corrected chi connectivity index (χ4v) is 0. The SMILES string of the molecule is CB(O)P.CNOC. The van der Waals surface area contributed by atoms with E-state index in [9.17, 15) is 0 Å². The summed E-state index contributed by atoms with van der Waals surface area (Å²) in [7, 11) is 5.49. The molecule has 0 heterocycles. The predicted molar refractivity (Wildman–Crippen MR) is 39.6 cm³/mol. The molecule has 0 aliphatic carbocycles. The van der Waals surface area contributed by atoms with Crippen LogP contribution in [0, 0.1) is 0 Å². The summed E-state index contributed by atoms with van der Waals surface area (Å²) in [5.41, 5.74) is 2.43. The molecule has 1 unspecified atom stereocenters. The molecule has 2 N–H and O–H groups in total. The highest BCUT2D eigenvalue weighted by molar-refractivity contribution is 7.59. The van der Waals surface area contributed by atoms with Gasteiger partial charge in [-0.25, -0.2) is 5.48 Å². The summed E-state index contributed by atoms with van der Waals surface area (Å²) < 4.78 is 0. The lowest BCUT2D eigenvalue weighted by Gasteiger charge is -1.80. The second-order valence-electron chi connectivity index (χ2n) is 1.15. The normalized spacial score (nSPS) is 7.12. The highest BCUT2D eigenvalue weighted by Crippen LogP contribution is 1.80. The molecule has 0 aliphatic rings. The number of rotatable bonds is 1. The molecule has 0 amide bonds. The smallest absolute Gasteiger partial charge is 0.308 e. The first-order valence-corrected chi connectivity index (χ1v) is 2.95. The Bertz CT molecular complexity index is 33.7. The van der Waals surface area contributed by atoms with E-state index in [1.807, 2.05) is 0 Å². The quantitative estimate of drug-likeness (QED) is 0.297. The van der Waals surface area contributed by atoms with Gasteiger partial charge in [0, 0.05) is 7.05 Å². The Morgan fingerprint density at radius 2 is 1.88 bits per heavy atom. The Balaban J connectivity index is 0. The molecule has 0 fully saturated rings. The van der Waals surface area contributed by atoms with Gasteiger partial charge in [0.15, 0.2) is 0 Å². The van der Waals surface area contributed by atoms with Crippen molar-refractivity contribution in [2.75, 3.05) is 14.2 Å². The van der Waals surface area contributed by atoms with Gasteiger partial charge >= 0.3 is 6.64 Å². The molecule has 0 bridgehead atoms. The fraction of sp³-hybridized carbons (Fsp3) is 1.00. The van der Waals surface area contributed by atoms with Gasteiger partial charge in [0.1, 0.15) is 0 Å². The Morgan fingerprint density at radius 3 is 1.88 bits per heavy atom. The van der Waals surface area contributed by atoms with Gasteiger partial charge < -0.3 is 9.86 Å². The zero-order valence-electron chi connectivity index (χ0n) is 5.51. The van der Waals surface area contributed by atoms with Crippen molar-refractivity contribution in [3.63, 3.8) is 0 Å². The highest BCUT2D eigenvalue weighted by atomic mass is 31.0. The standard InChI is InChI=1S/C2H7NO.CH6BOP/c1-3-4-2;1-2(3)4/h3H,1-2H3;3H,4H2,1H3. The van der Waals surface area contributed by atoms with Gasteiger partial charge in [-0.1, -0.05) is 6.82 Å². The molecule has 5 heteroatoms. The van der Waals surface area contributed by atoms with Gasteiger partial charge in [-0.3, -0.25) is 0 Å². The van der Waals surface area contributed by atoms with E-state index in [1.54, 1.807) is 21.0 Å². The largest absolute Gasteiger partial charge is 0.447 e. The van der Waals surface area contributed by atoms with Gasteiger partial charge in [0.05, 0.1) is 7.11 Å². The maximum absolute atomic E-state index is 8.02. The van der Waals surface area contributed by atoms with Crippen molar-refractivity contribution >= 4 is 15.8 Å². The van der Waals surface area contributed by atoms with Crippen LogP contribution in [0.15, 0.2) is 0 Å². The third-order valence-electron chi connectivity index (χ3n) is 0.204. The van der Waals surface area contributed by atoms with Crippen molar-refractivity contribution in [2.45, 2.75) is 6.82 Å². The van der Waals surface area contributed by atoms with Crippen LogP contribution in [0.25, 0.3) is 0 Å². The Kier molecular flexibility index (Phi) is 14.5. The van der Waals surface area contributed by atoms with Crippen molar-refractivity contribution in [1.82, 2.24) is 5.48 Å². The summed E-state index contributed by atoms with van der Waals surface area (Å²) >= 11 is 0. The minimum Gasteiger partial charge on any atom is -0.447 e. The van der Waals surface area contributed by atoms with Gasteiger partial charge in [0.2, 0.25) is 0 Å². The molecule has 0 aromatic heterocycles. The summed E-state index contributed by atoms with van der Waals surface area (Å²) in [4.78, 5) is 4.29. The molecule has 8 heavy (non-hydrogen) atoms. The van der Waals surface area contributed by atoms with Crippen LogP contribution in [0.4, 0.5) is 0 Å². The first-order valence-electron chi connectivity index (χ1n) is 2.28. The second-order valence-corrected chi connectivity index (χ2v) is 2.11. The zero-order chi connectivity index (χ0) is 6.99. The van der Waals surface area contributed by atoms with Crippen molar-refractivity contribution in [1.29, 1.82) is 0 Å². The average Bonchev–Trinajstić information content (AvgIpc) is 1.65. The van der Waals surface area contributed by atoms with Crippen molar-refractivity contribution in [3.05, 3.63) is 0 Å². The topological polar surface area (TPSA) is 41.5 Å². The molecule has 0 aromatic rings. The second kappa shape index (κ2) is 10.4. The van der Waals surface area contributed by atoms with E-state index in [2.05, 4.69) is 19.4 Å².